The van der Waals surface area contributed by atoms with E-state index in [1.165, 1.54) is 17.2 Å². The van der Waals surface area contributed by atoms with Gasteiger partial charge in [-0.05, 0) is 18.7 Å². The Bertz CT molecular complexity index is 367. The van der Waals surface area contributed by atoms with E-state index in [1.54, 1.807) is 19.1 Å². The third-order valence-electron chi connectivity index (χ3n) is 2.40. The quantitative estimate of drug-likeness (QED) is 0.802. The summed E-state index contributed by atoms with van der Waals surface area (Å²) < 4.78 is 42.3. The topological polar surface area (TPSA) is 40.2 Å². The highest BCUT2D eigenvalue weighted by Gasteiger charge is 2.40. The third kappa shape index (κ3) is 4.11. The van der Waals surface area contributed by atoms with Crippen molar-refractivity contribution in [1.82, 2.24) is 4.90 Å². The molecule has 0 aliphatic heterocycles. The van der Waals surface area contributed by atoms with Crippen LogP contribution in [-0.2, 0) is 6.54 Å². The number of hydrogen-bond donors (Lipinski definition) is 0. The fourth-order valence-electron chi connectivity index (χ4n) is 1.40. The summed E-state index contributed by atoms with van der Waals surface area (Å²) in [6, 6.07) is 4.66. The summed E-state index contributed by atoms with van der Waals surface area (Å²) in [5.74, 6) is -1.37. The van der Waals surface area contributed by atoms with E-state index in [1.807, 2.05) is 0 Å². The lowest BCUT2D eigenvalue weighted by Crippen LogP contribution is -2.35. The van der Waals surface area contributed by atoms with Crippen molar-refractivity contribution in [3.8, 4) is 6.07 Å². The average molecular weight is 246 g/mol. The first kappa shape index (κ1) is 13.6. The molecule has 0 amide bonds. The van der Waals surface area contributed by atoms with Crippen LogP contribution in [0, 0.1) is 17.2 Å². The molecule has 1 aromatic rings. The molecule has 1 heterocycles. The van der Waals surface area contributed by atoms with Gasteiger partial charge in [0.25, 0.3) is 0 Å². The van der Waals surface area contributed by atoms with E-state index in [0.29, 0.717) is 12.3 Å². The van der Waals surface area contributed by atoms with Crippen molar-refractivity contribution in [2.24, 2.45) is 5.92 Å². The molecule has 6 heteroatoms. The van der Waals surface area contributed by atoms with Crippen LogP contribution in [0.2, 0.25) is 0 Å². The summed E-state index contributed by atoms with van der Waals surface area (Å²) in [4.78, 5) is 1.53. The molecule has 0 fully saturated rings. The van der Waals surface area contributed by atoms with E-state index in [9.17, 15) is 13.2 Å². The molecule has 0 radical (unpaired) electrons. The van der Waals surface area contributed by atoms with Gasteiger partial charge in [-0.1, -0.05) is 6.92 Å². The summed E-state index contributed by atoms with van der Waals surface area (Å²) in [7, 11) is 0. The molecule has 3 nitrogen and oxygen atoms in total. The highest BCUT2D eigenvalue weighted by Crippen LogP contribution is 2.26. The Morgan fingerprint density at radius 3 is 2.65 bits per heavy atom. The van der Waals surface area contributed by atoms with Gasteiger partial charge in [0.2, 0.25) is 0 Å². The number of rotatable bonds is 5. The zero-order valence-electron chi connectivity index (χ0n) is 9.37. The van der Waals surface area contributed by atoms with Gasteiger partial charge in [0.1, 0.15) is 5.76 Å². The first-order valence-electron chi connectivity index (χ1n) is 5.18. The summed E-state index contributed by atoms with van der Waals surface area (Å²) in [6.45, 7) is 2.11. The molecule has 0 saturated carbocycles. The Balaban J connectivity index is 2.60. The van der Waals surface area contributed by atoms with Crippen molar-refractivity contribution in [3.05, 3.63) is 24.2 Å². The van der Waals surface area contributed by atoms with Gasteiger partial charge in [-0.2, -0.15) is 18.4 Å². The van der Waals surface area contributed by atoms with Crippen molar-refractivity contribution in [1.29, 1.82) is 5.26 Å². The number of alkyl halides is 3. The molecule has 1 rings (SSSR count). The van der Waals surface area contributed by atoms with Crippen LogP contribution >= 0.6 is 0 Å². The van der Waals surface area contributed by atoms with Gasteiger partial charge in [-0.15, -0.1) is 0 Å². The monoisotopic (exact) mass is 246 g/mol. The van der Waals surface area contributed by atoms with Crippen molar-refractivity contribution >= 4 is 0 Å². The van der Waals surface area contributed by atoms with Crippen molar-refractivity contribution in [2.75, 3.05) is 13.1 Å². The molecule has 1 atom stereocenters. The summed E-state index contributed by atoms with van der Waals surface area (Å²) >= 11 is 0. The second-order valence-electron chi connectivity index (χ2n) is 3.63. The molecule has 0 spiro atoms. The standard InChI is InChI=1S/C11H13F3N2O/c1-2-16(8-10-4-3-5-17-10)7-9(6-15)11(12,13)14/h3-5,9H,2,7-8H2,1H3. The van der Waals surface area contributed by atoms with E-state index in [-0.39, 0.29) is 13.1 Å². The van der Waals surface area contributed by atoms with Crippen molar-refractivity contribution in [2.45, 2.75) is 19.6 Å². The van der Waals surface area contributed by atoms with E-state index >= 15 is 0 Å². The van der Waals surface area contributed by atoms with Crippen LogP contribution in [0.5, 0.6) is 0 Å². The minimum atomic E-state index is -4.48. The average Bonchev–Trinajstić information content (AvgIpc) is 2.74. The first-order chi connectivity index (χ1) is 7.97. The van der Waals surface area contributed by atoms with Crippen LogP contribution in [0.4, 0.5) is 13.2 Å². The number of nitrogens with zero attached hydrogens (tertiary/aromatic N) is 2. The normalized spacial score (nSPS) is 13.6. The molecule has 94 valence electrons. The minimum absolute atomic E-state index is 0.276. The summed E-state index contributed by atoms with van der Waals surface area (Å²) in [5.41, 5.74) is 0. The highest BCUT2D eigenvalue weighted by molar-refractivity contribution is 4.99. The Kier molecular flexibility index (Phi) is 4.58. The molecule has 0 N–H and O–H groups in total. The number of nitriles is 1. The van der Waals surface area contributed by atoms with Gasteiger partial charge >= 0.3 is 6.18 Å². The highest BCUT2D eigenvalue weighted by atomic mass is 19.4. The van der Waals surface area contributed by atoms with Gasteiger partial charge in [0, 0.05) is 6.54 Å². The lowest BCUT2D eigenvalue weighted by Gasteiger charge is -2.23. The zero-order chi connectivity index (χ0) is 12.9. The first-order valence-corrected chi connectivity index (χ1v) is 5.18. The Morgan fingerprint density at radius 2 is 2.24 bits per heavy atom. The SMILES string of the molecule is CCN(Cc1ccco1)CC(C#N)C(F)(F)F. The molecule has 1 unspecified atom stereocenters. The van der Waals surface area contributed by atoms with Crippen LogP contribution in [0.3, 0.4) is 0 Å². The van der Waals surface area contributed by atoms with Gasteiger partial charge < -0.3 is 4.42 Å². The molecule has 0 aliphatic rings. The Morgan fingerprint density at radius 1 is 1.53 bits per heavy atom. The van der Waals surface area contributed by atoms with Gasteiger partial charge in [-0.3, -0.25) is 4.90 Å². The lowest BCUT2D eigenvalue weighted by atomic mass is 10.1. The van der Waals surface area contributed by atoms with Crippen LogP contribution < -0.4 is 0 Å². The second-order valence-corrected chi connectivity index (χ2v) is 3.63. The van der Waals surface area contributed by atoms with E-state index in [4.69, 9.17) is 9.68 Å². The summed E-state index contributed by atoms with van der Waals surface area (Å²) in [5, 5.41) is 8.51. The largest absolute Gasteiger partial charge is 0.468 e. The third-order valence-corrected chi connectivity index (χ3v) is 2.40. The maximum absolute atomic E-state index is 12.4. The maximum atomic E-state index is 12.4. The Hall–Kier alpha value is -1.48. The maximum Gasteiger partial charge on any atom is 0.405 e. The molecule has 17 heavy (non-hydrogen) atoms. The predicted octanol–water partition coefficient (Wildman–Crippen LogP) is 2.80. The number of hydrogen-bond acceptors (Lipinski definition) is 3. The van der Waals surface area contributed by atoms with E-state index in [2.05, 4.69) is 0 Å². The zero-order valence-corrected chi connectivity index (χ0v) is 9.37. The van der Waals surface area contributed by atoms with E-state index in [0.717, 1.165) is 0 Å². The molecule has 0 saturated heterocycles. The van der Waals surface area contributed by atoms with Gasteiger partial charge in [-0.25, -0.2) is 0 Å². The van der Waals surface area contributed by atoms with Crippen LogP contribution in [0.25, 0.3) is 0 Å². The van der Waals surface area contributed by atoms with Crippen LogP contribution in [0.15, 0.2) is 22.8 Å². The van der Waals surface area contributed by atoms with Crippen LogP contribution in [0.1, 0.15) is 12.7 Å². The van der Waals surface area contributed by atoms with Gasteiger partial charge in [0.05, 0.1) is 18.9 Å². The lowest BCUT2D eigenvalue weighted by molar-refractivity contribution is -0.163. The Labute approximate surface area is 97.4 Å². The fraction of sp³-hybridized carbons (Fsp3) is 0.545. The molecule has 1 aromatic heterocycles. The van der Waals surface area contributed by atoms with Crippen molar-refractivity contribution in [3.63, 3.8) is 0 Å². The molecule has 0 aromatic carbocycles. The smallest absolute Gasteiger partial charge is 0.405 e. The fourth-order valence-corrected chi connectivity index (χ4v) is 1.40. The number of halogens is 3. The van der Waals surface area contributed by atoms with Crippen molar-refractivity contribution < 1.29 is 17.6 Å². The molecular weight excluding hydrogens is 233 g/mol. The number of furan rings is 1. The second kappa shape index (κ2) is 5.73. The van der Waals surface area contributed by atoms with Gasteiger partial charge in [0.15, 0.2) is 5.92 Å². The molecular formula is C11H13F3N2O. The van der Waals surface area contributed by atoms with E-state index < -0.39 is 12.1 Å². The molecule has 0 bridgehead atoms. The molecule has 0 aliphatic carbocycles. The summed E-state index contributed by atoms with van der Waals surface area (Å²) in [6.07, 6.45) is -3.01. The predicted molar refractivity (Wildman–Crippen MR) is 54.8 cm³/mol. The van der Waals surface area contributed by atoms with Crippen LogP contribution in [-0.4, -0.2) is 24.2 Å². The minimum Gasteiger partial charge on any atom is -0.468 e.